The second-order valence-electron chi connectivity index (χ2n) is 5.93. The third-order valence-electron chi connectivity index (χ3n) is 4.01. The van der Waals surface area contributed by atoms with E-state index in [4.69, 9.17) is 0 Å². The predicted octanol–water partition coefficient (Wildman–Crippen LogP) is 1.09. The number of imidazole rings is 1. The minimum absolute atomic E-state index is 0.0352. The number of rotatable bonds is 4. The second-order valence-corrected chi connectivity index (χ2v) is 6.87. The van der Waals surface area contributed by atoms with Crippen molar-refractivity contribution in [3.8, 4) is 0 Å². The Morgan fingerprint density at radius 2 is 2.12 bits per heavy atom. The van der Waals surface area contributed by atoms with E-state index in [1.165, 1.54) is 11.8 Å². The molecular weight excluding hydrogens is 324 g/mol. The molecule has 3 rings (SSSR count). The fourth-order valence-corrected chi connectivity index (χ4v) is 3.73. The van der Waals surface area contributed by atoms with Crippen LogP contribution < -0.4 is 5.32 Å². The number of piperazine rings is 1. The molecule has 0 spiro atoms. The molecule has 1 aliphatic heterocycles. The molecule has 2 aromatic rings. The summed E-state index contributed by atoms with van der Waals surface area (Å²) >= 11 is 1.39. The van der Waals surface area contributed by atoms with E-state index in [1.807, 2.05) is 42.6 Å². The van der Waals surface area contributed by atoms with Crippen LogP contribution >= 0.6 is 11.8 Å². The number of carbonyl (C=O) groups excluding carboxylic acids is 1. The standard InChI is InChI=1S/C16H22N6OS/c1-11-8-12(2)20-16(19-11)24-10-14(23)22-7-4-17-9-13(22)15-18-5-6-21(15)3/h5-6,8,13,17H,4,7,9-10H2,1-3H3. The summed E-state index contributed by atoms with van der Waals surface area (Å²) in [5.74, 6) is 1.34. The molecule has 0 aliphatic carbocycles. The van der Waals surface area contributed by atoms with Gasteiger partial charge in [-0.05, 0) is 19.9 Å². The normalized spacial score (nSPS) is 18.0. The number of hydrogen-bond donors (Lipinski definition) is 1. The van der Waals surface area contributed by atoms with Crippen molar-refractivity contribution in [2.45, 2.75) is 25.0 Å². The first kappa shape index (κ1) is 16.9. The summed E-state index contributed by atoms with van der Waals surface area (Å²) in [7, 11) is 1.96. The maximum absolute atomic E-state index is 12.7. The smallest absolute Gasteiger partial charge is 0.233 e. The van der Waals surface area contributed by atoms with Crippen molar-refractivity contribution in [3.63, 3.8) is 0 Å². The maximum Gasteiger partial charge on any atom is 0.233 e. The molecule has 8 heteroatoms. The van der Waals surface area contributed by atoms with Crippen LogP contribution in [0.2, 0.25) is 0 Å². The highest BCUT2D eigenvalue weighted by Crippen LogP contribution is 2.23. The predicted molar refractivity (Wildman–Crippen MR) is 92.8 cm³/mol. The van der Waals surface area contributed by atoms with Gasteiger partial charge in [0.05, 0.1) is 5.75 Å². The van der Waals surface area contributed by atoms with Crippen LogP contribution in [0.4, 0.5) is 0 Å². The molecule has 0 bridgehead atoms. The van der Waals surface area contributed by atoms with E-state index < -0.39 is 0 Å². The number of amides is 1. The fraction of sp³-hybridized carbons (Fsp3) is 0.500. The summed E-state index contributed by atoms with van der Waals surface area (Å²) in [5, 5.41) is 4.00. The lowest BCUT2D eigenvalue weighted by molar-refractivity contribution is -0.131. The molecule has 1 unspecified atom stereocenters. The van der Waals surface area contributed by atoms with Gasteiger partial charge in [-0.3, -0.25) is 4.79 Å². The van der Waals surface area contributed by atoms with Crippen LogP contribution in [0.25, 0.3) is 0 Å². The number of nitrogens with one attached hydrogen (secondary N) is 1. The van der Waals surface area contributed by atoms with Crippen molar-refractivity contribution in [1.29, 1.82) is 0 Å². The summed E-state index contributed by atoms with van der Waals surface area (Å²) in [4.78, 5) is 27.8. The van der Waals surface area contributed by atoms with Crippen LogP contribution in [0.1, 0.15) is 23.3 Å². The first-order valence-electron chi connectivity index (χ1n) is 7.97. The second kappa shape index (κ2) is 7.31. The molecular formula is C16H22N6OS. The first-order valence-corrected chi connectivity index (χ1v) is 8.95. The largest absolute Gasteiger partial charge is 0.336 e. The zero-order chi connectivity index (χ0) is 17.1. The van der Waals surface area contributed by atoms with Gasteiger partial charge in [0.1, 0.15) is 11.9 Å². The molecule has 1 saturated heterocycles. The number of hydrogen-bond acceptors (Lipinski definition) is 6. The molecule has 24 heavy (non-hydrogen) atoms. The van der Waals surface area contributed by atoms with E-state index in [0.29, 0.717) is 17.5 Å². The van der Waals surface area contributed by atoms with E-state index in [2.05, 4.69) is 20.3 Å². The highest BCUT2D eigenvalue weighted by atomic mass is 32.2. The van der Waals surface area contributed by atoms with Gasteiger partial charge in [0.2, 0.25) is 5.91 Å². The molecule has 1 N–H and O–H groups in total. The van der Waals surface area contributed by atoms with E-state index >= 15 is 0 Å². The minimum Gasteiger partial charge on any atom is -0.336 e. The highest BCUT2D eigenvalue weighted by Gasteiger charge is 2.30. The lowest BCUT2D eigenvalue weighted by Crippen LogP contribution is -2.50. The molecule has 0 radical (unpaired) electrons. The monoisotopic (exact) mass is 346 g/mol. The van der Waals surface area contributed by atoms with Gasteiger partial charge >= 0.3 is 0 Å². The summed E-state index contributed by atoms with van der Waals surface area (Å²) in [6.45, 7) is 6.09. The Hall–Kier alpha value is -1.93. The Morgan fingerprint density at radius 3 is 2.79 bits per heavy atom. The summed E-state index contributed by atoms with van der Waals surface area (Å²) in [5.41, 5.74) is 1.84. The molecule has 1 fully saturated rings. The average Bonchev–Trinajstić information content (AvgIpc) is 2.97. The molecule has 7 nitrogen and oxygen atoms in total. The van der Waals surface area contributed by atoms with Gasteiger partial charge in [0.15, 0.2) is 5.16 Å². The summed E-state index contributed by atoms with van der Waals surface area (Å²) < 4.78 is 1.97. The van der Waals surface area contributed by atoms with Crippen LogP contribution in [0.3, 0.4) is 0 Å². The van der Waals surface area contributed by atoms with Crippen molar-refractivity contribution in [1.82, 2.24) is 29.7 Å². The van der Waals surface area contributed by atoms with Crippen LogP contribution in [0.5, 0.6) is 0 Å². The number of nitrogens with zero attached hydrogens (tertiary/aromatic N) is 5. The molecule has 0 saturated carbocycles. The van der Waals surface area contributed by atoms with Crippen LogP contribution in [0, 0.1) is 13.8 Å². The molecule has 1 amide bonds. The van der Waals surface area contributed by atoms with Gasteiger partial charge in [-0.1, -0.05) is 11.8 Å². The maximum atomic E-state index is 12.7. The highest BCUT2D eigenvalue weighted by molar-refractivity contribution is 7.99. The lowest BCUT2D eigenvalue weighted by Gasteiger charge is -2.35. The summed E-state index contributed by atoms with van der Waals surface area (Å²) in [6, 6.07) is 1.89. The Balaban J connectivity index is 1.69. The van der Waals surface area contributed by atoms with Crippen molar-refractivity contribution in [3.05, 3.63) is 35.7 Å². The van der Waals surface area contributed by atoms with Crippen LogP contribution in [-0.2, 0) is 11.8 Å². The van der Waals surface area contributed by atoms with Gasteiger partial charge in [-0.15, -0.1) is 0 Å². The Labute approximate surface area is 145 Å². The Morgan fingerprint density at radius 1 is 1.38 bits per heavy atom. The first-order chi connectivity index (χ1) is 11.5. The van der Waals surface area contributed by atoms with Crippen LogP contribution in [0.15, 0.2) is 23.6 Å². The molecule has 2 aromatic heterocycles. The lowest BCUT2D eigenvalue weighted by atomic mass is 10.1. The Kier molecular flexibility index (Phi) is 5.15. The quantitative estimate of drug-likeness (QED) is 0.660. The third kappa shape index (κ3) is 3.76. The zero-order valence-electron chi connectivity index (χ0n) is 14.2. The number of carbonyl (C=O) groups is 1. The van der Waals surface area contributed by atoms with Gasteiger partial charge < -0.3 is 14.8 Å². The average molecular weight is 346 g/mol. The van der Waals surface area contributed by atoms with Gasteiger partial charge in [-0.25, -0.2) is 15.0 Å². The SMILES string of the molecule is Cc1cc(C)nc(SCC(=O)N2CCNCC2c2nccn2C)n1. The van der Waals surface area contributed by atoms with Crippen molar-refractivity contribution in [2.24, 2.45) is 7.05 Å². The zero-order valence-corrected chi connectivity index (χ0v) is 15.0. The van der Waals surface area contributed by atoms with Gasteiger partial charge in [0.25, 0.3) is 0 Å². The van der Waals surface area contributed by atoms with Gasteiger partial charge in [0, 0.05) is 50.5 Å². The van der Waals surface area contributed by atoms with E-state index in [9.17, 15) is 4.79 Å². The van der Waals surface area contributed by atoms with Crippen molar-refractivity contribution in [2.75, 3.05) is 25.4 Å². The van der Waals surface area contributed by atoms with E-state index in [1.54, 1.807) is 6.20 Å². The minimum atomic E-state index is -0.0352. The molecule has 128 valence electrons. The Bertz CT molecular complexity index is 711. The van der Waals surface area contributed by atoms with E-state index in [-0.39, 0.29) is 11.9 Å². The number of aromatic nitrogens is 4. The van der Waals surface area contributed by atoms with Crippen molar-refractivity contribution < 1.29 is 4.79 Å². The molecule has 0 aromatic carbocycles. The number of thioether (sulfide) groups is 1. The van der Waals surface area contributed by atoms with E-state index in [0.717, 1.165) is 30.3 Å². The number of aryl methyl sites for hydroxylation is 3. The fourth-order valence-electron chi connectivity index (χ4n) is 2.90. The molecule has 1 atom stereocenters. The molecule has 3 heterocycles. The topological polar surface area (TPSA) is 75.9 Å². The van der Waals surface area contributed by atoms with Crippen molar-refractivity contribution >= 4 is 17.7 Å². The molecule has 1 aliphatic rings. The summed E-state index contributed by atoms with van der Waals surface area (Å²) in [6.07, 6.45) is 3.68. The van der Waals surface area contributed by atoms with Crippen LogP contribution in [-0.4, -0.2) is 55.7 Å². The van der Waals surface area contributed by atoms with Gasteiger partial charge in [-0.2, -0.15) is 0 Å². The third-order valence-corrected chi connectivity index (χ3v) is 4.84.